The minimum Gasteiger partial charge on any atom is -0.359 e. The van der Waals surface area contributed by atoms with E-state index in [9.17, 15) is 22.8 Å². The lowest BCUT2D eigenvalue weighted by Crippen LogP contribution is -2.51. The Morgan fingerprint density at radius 3 is 2.47 bits per heavy atom. The van der Waals surface area contributed by atoms with Gasteiger partial charge in [-0.1, -0.05) is 0 Å². The van der Waals surface area contributed by atoms with Crippen molar-refractivity contribution in [2.24, 2.45) is 5.92 Å². The van der Waals surface area contributed by atoms with Crippen molar-refractivity contribution >= 4 is 11.8 Å². The highest BCUT2D eigenvalue weighted by molar-refractivity contribution is 5.82. The first-order valence-electron chi connectivity index (χ1n) is 6.13. The third-order valence-corrected chi connectivity index (χ3v) is 3.12. The summed E-state index contributed by atoms with van der Waals surface area (Å²) in [6.45, 7) is -0.0591. The van der Waals surface area contributed by atoms with Crippen LogP contribution in [0.2, 0.25) is 0 Å². The fourth-order valence-corrected chi connectivity index (χ4v) is 1.91. The molecule has 5 nitrogen and oxygen atoms in total. The Morgan fingerprint density at radius 2 is 2.00 bits per heavy atom. The van der Waals surface area contributed by atoms with Crippen molar-refractivity contribution in [2.75, 3.05) is 20.1 Å². The van der Waals surface area contributed by atoms with E-state index in [2.05, 4.69) is 16.0 Å². The quantitative estimate of drug-likeness (QED) is 0.688. The van der Waals surface area contributed by atoms with Crippen LogP contribution >= 0.6 is 0 Å². The molecule has 1 aliphatic heterocycles. The molecular formula is C11H18F3N3O2. The zero-order valence-corrected chi connectivity index (χ0v) is 10.6. The SMILES string of the molecule is CNC(=O)CCNC(=O)C1CCC(C(F)(F)F)CN1. The zero-order chi connectivity index (χ0) is 14.5. The van der Waals surface area contributed by atoms with Gasteiger partial charge in [0.25, 0.3) is 0 Å². The Morgan fingerprint density at radius 1 is 1.32 bits per heavy atom. The average molecular weight is 281 g/mol. The van der Waals surface area contributed by atoms with Crippen LogP contribution in [-0.2, 0) is 9.59 Å². The molecule has 0 spiro atoms. The summed E-state index contributed by atoms with van der Waals surface area (Å²) in [7, 11) is 1.49. The van der Waals surface area contributed by atoms with Crippen LogP contribution in [0.1, 0.15) is 19.3 Å². The molecule has 1 aliphatic rings. The molecule has 1 saturated heterocycles. The summed E-state index contributed by atoms with van der Waals surface area (Å²) in [6, 6.07) is -0.608. The van der Waals surface area contributed by atoms with E-state index >= 15 is 0 Å². The maximum absolute atomic E-state index is 12.4. The lowest BCUT2D eigenvalue weighted by Gasteiger charge is -2.30. The number of hydrogen-bond acceptors (Lipinski definition) is 3. The topological polar surface area (TPSA) is 70.2 Å². The predicted octanol–water partition coefficient (Wildman–Crippen LogP) is 0.169. The van der Waals surface area contributed by atoms with Crippen molar-refractivity contribution in [3.63, 3.8) is 0 Å². The molecule has 2 atom stereocenters. The van der Waals surface area contributed by atoms with E-state index in [1.54, 1.807) is 0 Å². The second kappa shape index (κ2) is 6.74. The van der Waals surface area contributed by atoms with E-state index in [1.165, 1.54) is 7.05 Å². The summed E-state index contributed by atoms with van der Waals surface area (Å²) < 4.78 is 37.2. The van der Waals surface area contributed by atoms with Gasteiger partial charge in [-0.25, -0.2) is 0 Å². The normalized spacial score (nSPS) is 23.8. The largest absolute Gasteiger partial charge is 0.393 e. The van der Waals surface area contributed by atoms with E-state index in [4.69, 9.17) is 0 Å². The zero-order valence-electron chi connectivity index (χ0n) is 10.6. The molecule has 0 bridgehead atoms. The molecule has 8 heteroatoms. The predicted molar refractivity (Wildman–Crippen MR) is 62.3 cm³/mol. The van der Waals surface area contributed by atoms with Crippen molar-refractivity contribution in [1.29, 1.82) is 0 Å². The molecule has 2 amide bonds. The highest BCUT2D eigenvalue weighted by Gasteiger charge is 2.42. The van der Waals surface area contributed by atoms with E-state index in [-0.39, 0.29) is 44.2 Å². The van der Waals surface area contributed by atoms with Crippen LogP contribution in [0.4, 0.5) is 13.2 Å². The van der Waals surface area contributed by atoms with Crippen molar-refractivity contribution < 1.29 is 22.8 Å². The Labute approximate surface area is 109 Å². The van der Waals surface area contributed by atoms with Crippen LogP contribution in [0.25, 0.3) is 0 Å². The molecular weight excluding hydrogens is 263 g/mol. The number of piperidine rings is 1. The van der Waals surface area contributed by atoms with E-state index in [0.29, 0.717) is 0 Å². The molecule has 0 saturated carbocycles. The number of amides is 2. The van der Waals surface area contributed by atoms with E-state index in [1.807, 2.05) is 0 Å². The van der Waals surface area contributed by atoms with Crippen LogP contribution in [0.15, 0.2) is 0 Å². The molecule has 0 aromatic rings. The van der Waals surface area contributed by atoms with Gasteiger partial charge in [0.15, 0.2) is 0 Å². The Bertz CT molecular complexity index is 326. The fourth-order valence-electron chi connectivity index (χ4n) is 1.91. The van der Waals surface area contributed by atoms with Gasteiger partial charge in [0.05, 0.1) is 12.0 Å². The van der Waals surface area contributed by atoms with Gasteiger partial charge in [0, 0.05) is 26.6 Å². The van der Waals surface area contributed by atoms with Crippen molar-refractivity contribution in [2.45, 2.75) is 31.5 Å². The minimum absolute atomic E-state index is 0.0516. The molecule has 0 aromatic heterocycles. The number of alkyl halides is 3. The number of nitrogens with one attached hydrogen (secondary N) is 3. The minimum atomic E-state index is -4.21. The maximum atomic E-state index is 12.4. The molecule has 110 valence electrons. The Hall–Kier alpha value is -1.31. The summed E-state index contributed by atoms with van der Waals surface area (Å²) in [4.78, 5) is 22.6. The number of halogens is 3. The van der Waals surface area contributed by atoms with Crippen LogP contribution in [0.3, 0.4) is 0 Å². The van der Waals surface area contributed by atoms with Crippen LogP contribution in [0, 0.1) is 5.92 Å². The molecule has 19 heavy (non-hydrogen) atoms. The van der Waals surface area contributed by atoms with Crippen molar-refractivity contribution in [3.8, 4) is 0 Å². The third-order valence-electron chi connectivity index (χ3n) is 3.12. The average Bonchev–Trinajstić information content (AvgIpc) is 2.37. The number of rotatable bonds is 4. The summed E-state index contributed by atoms with van der Waals surface area (Å²) in [6.07, 6.45) is -3.96. The lowest BCUT2D eigenvalue weighted by molar-refractivity contribution is -0.180. The first-order valence-corrected chi connectivity index (χ1v) is 6.13. The van der Waals surface area contributed by atoms with Gasteiger partial charge in [0.1, 0.15) is 0 Å². The van der Waals surface area contributed by atoms with Gasteiger partial charge in [-0.3, -0.25) is 9.59 Å². The van der Waals surface area contributed by atoms with Crippen LogP contribution in [-0.4, -0.2) is 44.2 Å². The van der Waals surface area contributed by atoms with Crippen molar-refractivity contribution in [1.82, 2.24) is 16.0 Å². The highest BCUT2D eigenvalue weighted by Crippen LogP contribution is 2.31. The van der Waals surface area contributed by atoms with Crippen molar-refractivity contribution in [3.05, 3.63) is 0 Å². The van der Waals surface area contributed by atoms with Crippen LogP contribution in [0.5, 0.6) is 0 Å². The van der Waals surface area contributed by atoms with Gasteiger partial charge in [-0.2, -0.15) is 13.2 Å². The molecule has 1 heterocycles. The van der Waals surface area contributed by atoms with Gasteiger partial charge in [-0.05, 0) is 12.8 Å². The summed E-state index contributed by atoms with van der Waals surface area (Å²) >= 11 is 0. The van der Waals surface area contributed by atoms with Gasteiger partial charge >= 0.3 is 6.18 Å². The fraction of sp³-hybridized carbons (Fsp3) is 0.818. The number of carbonyl (C=O) groups excluding carboxylic acids is 2. The summed E-state index contributed by atoms with van der Waals surface area (Å²) in [5.41, 5.74) is 0. The van der Waals surface area contributed by atoms with Crippen LogP contribution < -0.4 is 16.0 Å². The standard InChI is InChI=1S/C11H18F3N3O2/c1-15-9(18)4-5-16-10(19)8-3-2-7(6-17-8)11(12,13)14/h7-8,17H,2-6H2,1H3,(H,15,18)(H,16,19). The van der Waals surface area contributed by atoms with E-state index < -0.39 is 18.1 Å². The molecule has 0 aliphatic carbocycles. The Kier molecular flexibility index (Phi) is 5.59. The lowest BCUT2D eigenvalue weighted by atomic mass is 9.94. The second-order valence-corrected chi connectivity index (χ2v) is 4.49. The molecule has 1 fully saturated rings. The Balaban J connectivity index is 2.27. The van der Waals surface area contributed by atoms with Gasteiger partial charge in [-0.15, -0.1) is 0 Å². The monoisotopic (exact) mass is 281 g/mol. The molecule has 1 rings (SSSR count). The first-order chi connectivity index (χ1) is 8.84. The molecule has 3 N–H and O–H groups in total. The van der Waals surface area contributed by atoms with Gasteiger partial charge in [0.2, 0.25) is 11.8 Å². The maximum Gasteiger partial charge on any atom is 0.393 e. The smallest absolute Gasteiger partial charge is 0.359 e. The number of hydrogen-bond donors (Lipinski definition) is 3. The van der Waals surface area contributed by atoms with E-state index in [0.717, 1.165) is 0 Å². The third kappa shape index (κ3) is 5.06. The highest BCUT2D eigenvalue weighted by atomic mass is 19.4. The second-order valence-electron chi connectivity index (χ2n) is 4.49. The molecule has 0 aromatic carbocycles. The number of carbonyl (C=O) groups is 2. The molecule has 0 radical (unpaired) electrons. The van der Waals surface area contributed by atoms with Gasteiger partial charge < -0.3 is 16.0 Å². The first kappa shape index (κ1) is 15.7. The summed E-state index contributed by atoms with van der Waals surface area (Å²) in [5, 5.41) is 7.53. The molecule has 2 unspecified atom stereocenters. The summed E-state index contributed by atoms with van der Waals surface area (Å²) in [5.74, 6) is -1.94.